The predicted molar refractivity (Wildman–Crippen MR) is 63.1 cm³/mol. The smallest absolute Gasteiger partial charge is 0.341 e. The van der Waals surface area contributed by atoms with Crippen LogP contribution in [0.15, 0.2) is 11.4 Å². The van der Waals surface area contributed by atoms with E-state index in [0.717, 1.165) is 12.8 Å². The van der Waals surface area contributed by atoms with E-state index >= 15 is 0 Å². The monoisotopic (exact) mass is 254 g/mol. The molecular weight excluding hydrogens is 240 g/mol. The molecule has 1 aromatic rings. The number of aromatic nitrogens is 2. The number of hydrogen-bond donors (Lipinski definition) is 0. The molecule has 0 radical (unpaired) electrons. The largest absolute Gasteiger partial charge is 0.465 e. The molecule has 0 unspecified atom stereocenters. The predicted octanol–water partition coefficient (Wildman–Crippen LogP) is 1.84. The van der Waals surface area contributed by atoms with E-state index in [9.17, 15) is 4.79 Å². The van der Waals surface area contributed by atoms with E-state index in [1.165, 1.54) is 25.1 Å². The van der Waals surface area contributed by atoms with Gasteiger partial charge in [0.1, 0.15) is 11.7 Å². The summed E-state index contributed by atoms with van der Waals surface area (Å²) in [6.45, 7) is 0.712. The van der Waals surface area contributed by atoms with Crippen molar-refractivity contribution in [2.75, 3.05) is 20.0 Å². The third kappa shape index (κ3) is 2.58. The van der Waals surface area contributed by atoms with Crippen LogP contribution in [-0.2, 0) is 9.47 Å². The summed E-state index contributed by atoms with van der Waals surface area (Å²) in [6, 6.07) is 0. The van der Waals surface area contributed by atoms with Crippen molar-refractivity contribution in [2.45, 2.75) is 24.1 Å². The van der Waals surface area contributed by atoms with Crippen molar-refractivity contribution in [2.24, 2.45) is 0 Å². The minimum absolute atomic E-state index is 0.113. The summed E-state index contributed by atoms with van der Waals surface area (Å²) < 4.78 is 10.3. The first-order valence-corrected chi connectivity index (χ1v) is 6.59. The van der Waals surface area contributed by atoms with Gasteiger partial charge in [0, 0.05) is 12.8 Å². The van der Waals surface area contributed by atoms with Crippen molar-refractivity contribution in [3.63, 3.8) is 0 Å². The number of methoxy groups -OCH3 is 1. The van der Waals surface area contributed by atoms with Gasteiger partial charge in [0.05, 0.1) is 12.8 Å². The highest BCUT2D eigenvalue weighted by Crippen LogP contribution is 2.30. The number of ether oxygens (including phenoxy) is 2. The van der Waals surface area contributed by atoms with E-state index < -0.39 is 5.97 Å². The second-order valence-electron chi connectivity index (χ2n) is 3.65. The molecule has 1 fully saturated rings. The highest BCUT2D eigenvalue weighted by Gasteiger charge is 2.26. The lowest BCUT2D eigenvalue weighted by atomic mass is 10.1. The van der Waals surface area contributed by atoms with Gasteiger partial charge in [0.25, 0.3) is 0 Å². The molecule has 0 saturated carbocycles. The molecule has 2 rings (SSSR count). The molecule has 5 nitrogen and oxygen atoms in total. The molecule has 1 aliphatic heterocycles. The average Bonchev–Trinajstić information content (AvgIpc) is 2.91. The van der Waals surface area contributed by atoms with E-state index in [1.54, 1.807) is 0 Å². The number of hydrogen-bond acceptors (Lipinski definition) is 6. The molecule has 1 aliphatic rings. The third-order valence-electron chi connectivity index (χ3n) is 2.62. The molecule has 92 valence electrons. The summed E-state index contributed by atoms with van der Waals surface area (Å²) in [5.41, 5.74) is 1.05. The quantitative estimate of drug-likeness (QED) is 0.466. The third-order valence-corrected chi connectivity index (χ3v) is 3.18. The highest BCUT2D eigenvalue weighted by atomic mass is 32.2. The standard InChI is InChI=1S/C11H14N2O3S/c1-15-10(14)7-6-12-11(17-2)13-9(7)8-4-3-5-16-8/h6,8H,3-5H2,1-2H3/t8-/m0/s1. The number of rotatable bonds is 3. The van der Waals surface area contributed by atoms with Gasteiger partial charge in [-0.2, -0.15) is 0 Å². The Labute approximate surface area is 104 Å². The van der Waals surface area contributed by atoms with E-state index in [4.69, 9.17) is 9.47 Å². The molecule has 0 bridgehead atoms. The minimum atomic E-state index is -0.414. The van der Waals surface area contributed by atoms with Crippen molar-refractivity contribution in [3.05, 3.63) is 17.5 Å². The SMILES string of the molecule is COC(=O)c1cnc(SC)nc1[C@@H]1CCCO1. The van der Waals surface area contributed by atoms with Gasteiger partial charge in [-0.25, -0.2) is 14.8 Å². The molecule has 2 heterocycles. The van der Waals surface area contributed by atoms with E-state index in [0.29, 0.717) is 23.0 Å². The van der Waals surface area contributed by atoms with Crippen LogP contribution in [0.1, 0.15) is 35.0 Å². The van der Waals surface area contributed by atoms with Crippen LogP contribution in [0.2, 0.25) is 0 Å². The zero-order valence-electron chi connectivity index (χ0n) is 9.80. The lowest BCUT2D eigenvalue weighted by Crippen LogP contribution is -2.12. The number of esters is 1. The van der Waals surface area contributed by atoms with Crippen LogP contribution in [0.3, 0.4) is 0 Å². The lowest BCUT2D eigenvalue weighted by molar-refractivity contribution is 0.0583. The fourth-order valence-corrected chi connectivity index (χ4v) is 2.13. The van der Waals surface area contributed by atoms with Gasteiger partial charge in [0.15, 0.2) is 5.16 Å². The Hall–Kier alpha value is -1.14. The zero-order valence-corrected chi connectivity index (χ0v) is 10.6. The van der Waals surface area contributed by atoms with Gasteiger partial charge >= 0.3 is 5.97 Å². The van der Waals surface area contributed by atoms with Gasteiger partial charge in [-0.05, 0) is 19.1 Å². The summed E-state index contributed by atoms with van der Waals surface area (Å²) in [5.74, 6) is -0.414. The van der Waals surface area contributed by atoms with Gasteiger partial charge < -0.3 is 9.47 Å². The molecule has 1 saturated heterocycles. The fraction of sp³-hybridized carbons (Fsp3) is 0.545. The van der Waals surface area contributed by atoms with Gasteiger partial charge in [-0.3, -0.25) is 0 Å². The maximum Gasteiger partial charge on any atom is 0.341 e. The molecule has 1 atom stereocenters. The molecule has 0 N–H and O–H groups in total. The van der Waals surface area contributed by atoms with Gasteiger partial charge in [-0.15, -0.1) is 0 Å². The van der Waals surface area contributed by atoms with Gasteiger partial charge in [-0.1, -0.05) is 11.8 Å². The van der Waals surface area contributed by atoms with Crippen LogP contribution in [0, 0.1) is 0 Å². The first-order chi connectivity index (χ1) is 8.26. The van der Waals surface area contributed by atoms with Crippen molar-refractivity contribution in [3.8, 4) is 0 Å². The zero-order chi connectivity index (χ0) is 12.3. The summed E-state index contributed by atoms with van der Waals surface area (Å²) in [4.78, 5) is 20.1. The maximum atomic E-state index is 11.6. The molecule has 0 amide bonds. The molecule has 0 spiro atoms. The molecule has 1 aromatic heterocycles. The van der Waals surface area contributed by atoms with E-state index in [1.807, 2.05) is 6.26 Å². The fourth-order valence-electron chi connectivity index (χ4n) is 1.78. The number of thioether (sulfide) groups is 1. The summed E-state index contributed by atoms with van der Waals surface area (Å²) in [7, 11) is 1.35. The maximum absolute atomic E-state index is 11.6. The Bertz CT molecular complexity index is 419. The van der Waals surface area contributed by atoms with Crippen LogP contribution < -0.4 is 0 Å². The molecule has 0 aliphatic carbocycles. The van der Waals surface area contributed by atoms with Crippen molar-refractivity contribution >= 4 is 17.7 Å². The Morgan fingerprint density at radius 1 is 1.65 bits per heavy atom. The van der Waals surface area contributed by atoms with Crippen molar-refractivity contribution in [1.29, 1.82) is 0 Å². The van der Waals surface area contributed by atoms with Crippen LogP contribution >= 0.6 is 11.8 Å². The molecule has 17 heavy (non-hydrogen) atoms. The molecule has 6 heteroatoms. The normalized spacial score (nSPS) is 19.3. The van der Waals surface area contributed by atoms with Crippen LogP contribution in [0.5, 0.6) is 0 Å². The Morgan fingerprint density at radius 3 is 3.06 bits per heavy atom. The second-order valence-corrected chi connectivity index (χ2v) is 4.42. The molecule has 0 aromatic carbocycles. The number of carbonyl (C=O) groups excluding carboxylic acids is 1. The number of carbonyl (C=O) groups is 1. The van der Waals surface area contributed by atoms with Crippen molar-refractivity contribution < 1.29 is 14.3 Å². The Balaban J connectivity index is 2.39. The Morgan fingerprint density at radius 2 is 2.47 bits per heavy atom. The minimum Gasteiger partial charge on any atom is -0.465 e. The Kier molecular flexibility index (Phi) is 3.96. The summed E-state index contributed by atoms with van der Waals surface area (Å²) in [5, 5.41) is 0.642. The summed E-state index contributed by atoms with van der Waals surface area (Å²) >= 11 is 1.44. The summed E-state index contributed by atoms with van der Waals surface area (Å²) in [6.07, 6.45) is 5.17. The highest BCUT2D eigenvalue weighted by molar-refractivity contribution is 7.98. The first-order valence-electron chi connectivity index (χ1n) is 5.37. The van der Waals surface area contributed by atoms with Crippen LogP contribution in [0.25, 0.3) is 0 Å². The van der Waals surface area contributed by atoms with Gasteiger partial charge in [0.2, 0.25) is 0 Å². The lowest BCUT2D eigenvalue weighted by Gasteiger charge is -2.13. The van der Waals surface area contributed by atoms with E-state index in [2.05, 4.69) is 9.97 Å². The first kappa shape index (κ1) is 12.3. The van der Waals surface area contributed by atoms with Crippen molar-refractivity contribution in [1.82, 2.24) is 9.97 Å². The molecular formula is C11H14N2O3S. The van der Waals surface area contributed by atoms with Crippen LogP contribution in [0.4, 0.5) is 0 Å². The second kappa shape index (κ2) is 5.46. The average molecular weight is 254 g/mol. The topological polar surface area (TPSA) is 61.3 Å². The number of nitrogens with zero attached hydrogens (tertiary/aromatic N) is 2. The van der Waals surface area contributed by atoms with E-state index in [-0.39, 0.29) is 6.10 Å². The van der Waals surface area contributed by atoms with Crippen LogP contribution in [-0.4, -0.2) is 35.9 Å².